The first-order valence-electron chi connectivity index (χ1n) is 9.88. The SMILES string of the molecule is CN(Cc1cccc(Cl)c1)C(=O)CN1CCN(Cc2ccc3c(c2)OCO3)CC1. The largest absolute Gasteiger partial charge is 0.454 e. The molecular weight excluding hydrogens is 390 g/mol. The second kappa shape index (κ2) is 9.03. The zero-order valence-electron chi connectivity index (χ0n) is 16.6. The fraction of sp³-hybridized carbons (Fsp3) is 0.409. The molecule has 0 aromatic heterocycles. The molecule has 29 heavy (non-hydrogen) atoms. The van der Waals surface area contributed by atoms with E-state index in [1.807, 2.05) is 37.4 Å². The first-order chi connectivity index (χ1) is 14.1. The molecule has 0 unspecified atom stereocenters. The molecule has 0 atom stereocenters. The number of carbonyl (C=O) groups is 1. The maximum Gasteiger partial charge on any atom is 0.236 e. The van der Waals surface area contributed by atoms with Crippen molar-refractivity contribution in [1.29, 1.82) is 0 Å². The highest BCUT2D eigenvalue weighted by Gasteiger charge is 2.21. The first-order valence-corrected chi connectivity index (χ1v) is 10.3. The third-order valence-electron chi connectivity index (χ3n) is 5.40. The second-order valence-electron chi connectivity index (χ2n) is 7.62. The molecule has 0 spiro atoms. The molecule has 0 bridgehead atoms. The predicted octanol–water partition coefficient (Wildman–Crippen LogP) is 2.84. The van der Waals surface area contributed by atoms with Gasteiger partial charge in [-0.2, -0.15) is 0 Å². The smallest absolute Gasteiger partial charge is 0.236 e. The van der Waals surface area contributed by atoms with E-state index in [0.717, 1.165) is 49.8 Å². The average molecular weight is 416 g/mol. The topological polar surface area (TPSA) is 45.3 Å². The number of nitrogens with zero attached hydrogens (tertiary/aromatic N) is 3. The maximum absolute atomic E-state index is 12.6. The normalized spacial score (nSPS) is 16.8. The summed E-state index contributed by atoms with van der Waals surface area (Å²) in [5.41, 5.74) is 2.27. The molecule has 1 saturated heterocycles. The molecule has 2 aliphatic heterocycles. The number of piperazine rings is 1. The van der Waals surface area contributed by atoms with Crippen molar-refractivity contribution in [3.8, 4) is 11.5 Å². The number of hydrogen-bond donors (Lipinski definition) is 0. The van der Waals surface area contributed by atoms with E-state index < -0.39 is 0 Å². The van der Waals surface area contributed by atoms with Gasteiger partial charge in [-0.05, 0) is 35.4 Å². The number of likely N-dealkylation sites (N-methyl/N-ethyl adjacent to an activating group) is 1. The van der Waals surface area contributed by atoms with Crippen LogP contribution in [0.1, 0.15) is 11.1 Å². The van der Waals surface area contributed by atoms with Crippen LogP contribution in [0.2, 0.25) is 5.02 Å². The van der Waals surface area contributed by atoms with Crippen molar-refractivity contribution < 1.29 is 14.3 Å². The van der Waals surface area contributed by atoms with Gasteiger partial charge in [0.2, 0.25) is 12.7 Å². The van der Waals surface area contributed by atoms with Gasteiger partial charge in [-0.25, -0.2) is 0 Å². The third-order valence-corrected chi connectivity index (χ3v) is 5.64. The molecule has 2 aliphatic rings. The fourth-order valence-corrected chi connectivity index (χ4v) is 3.93. The highest BCUT2D eigenvalue weighted by atomic mass is 35.5. The number of benzene rings is 2. The van der Waals surface area contributed by atoms with Gasteiger partial charge in [-0.3, -0.25) is 14.6 Å². The fourth-order valence-electron chi connectivity index (χ4n) is 3.71. The number of halogens is 1. The van der Waals surface area contributed by atoms with Crippen LogP contribution in [0.15, 0.2) is 42.5 Å². The number of hydrogen-bond acceptors (Lipinski definition) is 5. The van der Waals surface area contributed by atoms with Crippen molar-refractivity contribution in [2.24, 2.45) is 0 Å². The molecule has 4 rings (SSSR count). The lowest BCUT2D eigenvalue weighted by molar-refractivity contribution is -0.132. The van der Waals surface area contributed by atoms with Crippen LogP contribution in [-0.4, -0.2) is 67.2 Å². The molecule has 1 fully saturated rings. The summed E-state index contributed by atoms with van der Waals surface area (Å²) in [7, 11) is 1.85. The van der Waals surface area contributed by atoms with Gasteiger partial charge in [-0.1, -0.05) is 29.8 Å². The van der Waals surface area contributed by atoms with E-state index in [-0.39, 0.29) is 5.91 Å². The van der Waals surface area contributed by atoms with Crippen molar-refractivity contribution in [2.45, 2.75) is 13.1 Å². The van der Waals surface area contributed by atoms with Gasteiger partial charge in [-0.15, -0.1) is 0 Å². The van der Waals surface area contributed by atoms with E-state index in [9.17, 15) is 4.79 Å². The van der Waals surface area contributed by atoms with Crippen molar-refractivity contribution in [2.75, 3.05) is 46.6 Å². The zero-order valence-corrected chi connectivity index (χ0v) is 17.4. The lowest BCUT2D eigenvalue weighted by Gasteiger charge is -2.35. The average Bonchev–Trinajstić information content (AvgIpc) is 3.17. The summed E-state index contributed by atoms with van der Waals surface area (Å²) >= 11 is 6.03. The van der Waals surface area contributed by atoms with Crippen LogP contribution >= 0.6 is 11.6 Å². The lowest BCUT2D eigenvalue weighted by Crippen LogP contribution is -2.49. The Labute approximate surface area is 176 Å². The van der Waals surface area contributed by atoms with E-state index in [0.29, 0.717) is 24.9 Å². The van der Waals surface area contributed by atoms with Crippen molar-refractivity contribution in [1.82, 2.24) is 14.7 Å². The Morgan fingerprint density at radius 2 is 1.76 bits per heavy atom. The van der Waals surface area contributed by atoms with Gasteiger partial charge in [0, 0.05) is 51.3 Å². The van der Waals surface area contributed by atoms with Crippen LogP contribution in [0.3, 0.4) is 0 Å². The molecule has 2 aromatic rings. The van der Waals surface area contributed by atoms with Crippen LogP contribution in [0, 0.1) is 0 Å². The summed E-state index contributed by atoms with van der Waals surface area (Å²) in [4.78, 5) is 19.0. The van der Waals surface area contributed by atoms with Gasteiger partial charge >= 0.3 is 0 Å². The second-order valence-corrected chi connectivity index (χ2v) is 8.06. The minimum atomic E-state index is 0.134. The molecule has 0 N–H and O–H groups in total. The maximum atomic E-state index is 12.6. The quantitative estimate of drug-likeness (QED) is 0.726. The predicted molar refractivity (Wildman–Crippen MR) is 112 cm³/mol. The highest BCUT2D eigenvalue weighted by molar-refractivity contribution is 6.30. The summed E-state index contributed by atoms with van der Waals surface area (Å²) in [6, 6.07) is 13.8. The molecular formula is C22H26ClN3O3. The molecule has 154 valence electrons. The van der Waals surface area contributed by atoms with E-state index in [1.54, 1.807) is 4.90 Å². The number of rotatable bonds is 6. The van der Waals surface area contributed by atoms with Crippen LogP contribution < -0.4 is 9.47 Å². The molecule has 0 aliphatic carbocycles. The van der Waals surface area contributed by atoms with Gasteiger partial charge in [0.25, 0.3) is 0 Å². The van der Waals surface area contributed by atoms with Gasteiger partial charge in [0.1, 0.15) is 0 Å². The molecule has 0 radical (unpaired) electrons. The molecule has 7 heteroatoms. The lowest BCUT2D eigenvalue weighted by atomic mass is 10.1. The molecule has 6 nitrogen and oxygen atoms in total. The van der Waals surface area contributed by atoms with E-state index >= 15 is 0 Å². The molecule has 2 aromatic carbocycles. The molecule has 0 saturated carbocycles. The van der Waals surface area contributed by atoms with Gasteiger partial charge in [0.15, 0.2) is 11.5 Å². The van der Waals surface area contributed by atoms with Crippen LogP contribution in [0.25, 0.3) is 0 Å². The summed E-state index contributed by atoms with van der Waals surface area (Å²) < 4.78 is 10.8. The Bertz CT molecular complexity index is 868. The molecule has 1 amide bonds. The monoisotopic (exact) mass is 415 g/mol. The number of carbonyl (C=O) groups excluding carboxylic acids is 1. The number of fused-ring (bicyclic) bond motifs is 1. The van der Waals surface area contributed by atoms with E-state index in [2.05, 4.69) is 21.9 Å². The van der Waals surface area contributed by atoms with Crippen LogP contribution in [0.4, 0.5) is 0 Å². The summed E-state index contributed by atoms with van der Waals surface area (Å²) in [6.07, 6.45) is 0. The van der Waals surface area contributed by atoms with Crippen molar-refractivity contribution in [3.63, 3.8) is 0 Å². The minimum Gasteiger partial charge on any atom is -0.454 e. The van der Waals surface area contributed by atoms with Gasteiger partial charge in [0.05, 0.1) is 6.54 Å². The summed E-state index contributed by atoms with van der Waals surface area (Å²) in [5.74, 6) is 1.78. The summed E-state index contributed by atoms with van der Waals surface area (Å²) in [5, 5.41) is 0.696. The van der Waals surface area contributed by atoms with Crippen molar-refractivity contribution in [3.05, 3.63) is 58.6 Å². The summed E-state index contributed by atoms with van der Waals surface area (Å²) in [6.45, 7) is 5.88. The standard InChI is InChI=1S/C22H26ClN3O3/c1-24(13-17-3-2-4-19(23)11-17)22(27)15-26-9-7-25(8-10-26)14-18-5-6-20-21(12-18)29-16-28-20/h2-6,11-12H,7-10,13-16H2,1H3. The van der Waals surface area contributed by atoms with E-state index in [1.165, 1.54) is 5.56 Å². The first kappa shape index (κ1) is 20.0. The van der Waals surface area contributed by atoms with Crippen LogP contribution in [0.5, 0.6) is 11.5 Å². The zero-order chi connectivity index (χ0) is 20.2. The third kappa shape index (κ3) is 5.21. The van der Waals surface area contributed by atoms with Gasteiger partial charge < -0.3 is 14.4 Å². The Hall–Kier alpha value is -2.28. The number of ether oxygens (including phenoxy) is 2. The van der Waals surface area contributed by atoms with Crippen LogP contribution in [-0.2, 0) is 17.9 Å². The molecule has 2 heterocycles. The Kier molecular flexibility index (Phi) is 6.23. The highest BCUT2D eigenvalue weighted by Crippen LogP contribution is 2.32. The van der Waals surface area contributed by atoms with Crippen molar-refractivity contribution >= 4 is 17.5 Å². The van der Waals surface area contributed by atoms with E-state index in [4.69, 9.17) is 21.1 Å². The number of amides is 1. The Balaban J connectivity index is 1.22. The Morgan fingerprint density at radius 3 is 2.55 bits per heavy atom. The Morgan fingerprint density at radius 1 is 1.00 bits per heavy atom. The minimum absolute atomic E-state index is 0.134.